The topological polar surface area (TPSA) is 56.0 Å². The SMILES string of the molecule is Cc1ccc(C(=O)O/N=C/c2c(-c3ccccc3)nc3sccn23)cc1. The highest BCUT2D eigenvalue weighted by Crippen LogP contribution is 2.25. The Hall–Kier alpha value is -3.25. The second-order valence-electron chi connectivity index (χ2n) is 5.75. The number of carbonyl (C=O) groups excluding carboxylic acids is 1. The second kappa shape index (κ2) is 6.93. The summed E-state index contributed by atoms with van der Waals surface area (Å²) < 4.78 is 1.93. The second-order valence-corrected chi connectivity index (χ2v) is 6.62. The van der Waals surface area contributed by atoms with E-state index < -0.39 is 5.97 Å². The summed E-state index contributed by atoms with van der Waals surface area (Å²) in [6, 6.07) is 17.0. The van der Waals surface area contributed by atoms with Gasteiger partial charge in [-0.25, -0.2) is 9.78 Å². The molecule has 0 atom stereocenters. The van der Waals surface area contributed by atoms with E-state index in [0.717, 1.165) is 27.5 Å². The number of benzene rings is 2. The zero-order valence-electron chi connectivity index (χ0n) is 14.0. The number of thiazole rings is 1. The summed E-state index contributed by atoms with van der Waals surface area (Å²) in [7, 11) is 0. The van der Waals surface area contributed by atoms with E-state index in [4.69, 9.17) is 4.84 Å². The van der Waals surface area contributed by atoms with E-state index in [2.05, 4.69) is 10.1 Å². The molecule has 0 amide bonds. The summed E-state index contributed by atoms with van der Waals surface area (Å²) in [6.07, 6.45) is 3.45. The summed E-state index contributed by atoms with van der Waals surface area (Å²) in [4.78, 5) is 22.7. The molecular weight excluding hydrogens is 346 g/mol. The minimum Gasteiger partial charge on any atom is -0.313 e. The van der Waals surface area contributed by atoms with Crippen LogP contribution < -0.4 is 0 Å². The van der Waals surface area contributed by atoms with Gasteiger partial charge in [0, 0.05) is 17.1 Å². The first-order valence-corrected chi connectivity index (χ1v) is 8.93. The van der Waals surface area contributed by atoms with Crippen LogP contribution in [0.4, 0.5) is 0 Å². The van der Waals surface area contributed by atoms with Crippen molar-refractivity contribution >= 4 is 28.5 Å². The molecule has 0 spiro atoms. The van der Waals surface area contributed by atoms with Crippen LogP contribution in [0.25, 0.3) is 16.2 Å². The van der Waals surface area contributed by atoms with Crippen molar-refractivity contribution < 1.29 is 9.63 Å². The van der Waals surface area contributed by atoms with Crippen molar-refractivity contribution in [1.29, 1.82) is 0 Å². The van der Waals surface area contributed by atoms with Gasteiger partial charge in [0.05, 0.1) is 23.2 Å². The van der Waals surface area contributed by atoms with Crippen molar-refractivity contribution in [3.05, 3.63) is 83.0 Å². The third-order valence-electron chi connectivity index (χ3n) is 3.94. The molecule has 0 aliphatic carbocycles. The predicted molar refractivity (Wildman–Crippen MR) is 103 cm³/mol. The van der Waals surface area contributed by atoms with Crippen LogP contribution in [-0.2, 0) is 4.84 Å². The van der Waals surface area contributed by atoms with Gasteiger partial charge in [-0.05, 0) is 19.1 Å². The Morgan fingerprint density at radius 3 is 2.69 bits per heavy atom. The molecule has 6 heteroatoms. The lowest BCUT2D eigenvalue weighted by molar-refractivity contribution is 0.0519. The summed E-state index contributed by atoms with van der Waals surface area (Å²) in [6.45, 7) is 1.96. The number of imidazole rings is 1. The van der Waals surface area contributed by atoms with E-state index in [0.29, 0.717) is 5.56 Å². The summed E-state index contributed by atoms with van der Waals surface area (Å²) in [5.74, 6) is -0.492. The van der Waals surface area contributed by atoms with E-state index in [1.165, 1.54) is 17.6 Å². The monoisotopic (exact) mass is 361 g/mol. The fraction of sp³-hybridized carbons (Fsp3) is 0.0500. The van der Waals surface area contributed by atoms with E-state index in [1.54, 1.807) is 12.1 Å². The Morgan fingerprint density at radius 1 is 1.15 bits per heavy atom. The molecule has 4 aromatic rings. The lowest BCUT2D eigenvalue weighted by Crippen LogP contribution is -2.01. The molecule has 0 radical (unpaired) electrons. The third kappa shape index (κ3) is 3.14. The Balaban J connectivity index is 1.62. The maximum atomic E-state index is 12.1. The number of aromatic nitrogens is 2. The minimum atomic E-state index is -0.492. The normalized spacial score (nSPS) is 11.3. The Bertz CT molecular complexity index is 1080. The van der Waals surface area contributed by atoms with Gasteiger partial charge >= 0.3 is 5.97 Å². The number of aryl methyl sites for hydroxylation is 1. The molecule has 0 fully saturated rings. The number of rotatable bonds is 4. The molecule has 0 aliphatic heterocycles. The minimum absolute atomic E-state index is 0.463. The van der Waals surface area contributed by atoms with Crippen LogP contribution in [0.1, 0.15) is 21.6 Å². The molecule has 2 aromatic carbocycles. The maximum absolute atomic E-state index is 12.1. The average Bonchev–Trinajstić information content (AvgIpc) is 3.25. The quantitative estimate of drug-likeness (QED) is 0.304. The van der Waals surface area contributed by atoms with E-state index in [1.807, 2.05) is 65.4 Å². The van der Waals surface area contributed by atoms with Crippen LogP contribution >= 0.6 is 11.3 Å². The number of oxime groups is 1. The highest BCUT2D eigenvalue weighted by molar-refractivity contribution is 7.15. The van der Waals surface area contributed by atoms with Crippen LogP contribution in [0.3, 0.4) is 0 Å². The molecule has 0 bridgehead atoms. The first kappa shape index (κ1) is 16.2. The molecule has 2 heterocycles. The molecule has 5 nitrogen and oxygen atoms in total. The van der Waals surface area contributed by atoms with Crippen molar-refractivity contribution in [3.8, 4) is 11.3 Å². The van der Waals surface area contributed by atoms with Crippen molar-refractivity contribution in [2.24, 2.45) is 5.16 Å². The van der Waals surface area contributed by atoms with Crippen LogP contribution in [-0.4, -0.2) is 21.6 Å². The average molecular weight is 361 g/mol. The Morgan fingerprint density at radius 2 is 1.92 bits per heavy atom. The van der Waals surface area contributed by atoms with E-state index in [9.17, 15) is 4.79 Å². The van der Waals surface area contributed by atoms with Crippen molar-refractivity contribution in [1.82, 2.24) is 9.38 Å². The Kier molecular flexibility index (Phi) is 4.33. The highest BCUT2D eigenvalue weighted by atomic mass is 32.1. The van der Waals surface area contributed by atoms with E-state index >= 15 is 0 Å². The van der Waals surface area contributed by atoms with Gasteiger partial charge in [-0.3, -0.25) is 4.40 Å². The van der Waals surface area contributed by atoms with Crippen LogP contribution in [0.15, 0.2) is 71.3 Å². The zero-order chi connectivity index (χ0) is 17.9. The maximum Gasteiger partial charge on any atom is 0.365 e. The summed E-state index contributed by atoms with van der Waals surface area (Å²) in [5.41, 5.74) is 4.09. The van der Waals surface area contributed by atoms with Crippen molar-refractivity contribution in [2.75, 3.05) is 0 Å². The van der Waals surface area contributed by atoms with E-state index in [-0.39, 0.29) is 0 Å². The number of nitrogens with zero attached hydrogens (tertiary/aromatic N) is 3. The largest absolute Gasteiger partial charge is 0.365 e. The van der Waals surface area contributed by atoms with Crippen LogP contribution in [0.2, 0.25) is 0 Å². The van der Waals surface area contributed by atoms with Crippen molar-refractivity contribution in [2.45, 2.75) is 6.92 Å². The van der Waals surface area contributed by atoms with Gasteiger partial charge < -0.3 is 4.84 Å². The summed E-state index contributed by atoms with van der Waals surface area (Å²) >= 11 is 1.54. The van der Waals surface area contributed by atoms with Gasteiger partial charge in [-0.2, -0.15) is 0 Å². The molecule has 0 N–H and O–H groups in total. The van der Waals surface area contributed by atoms with Gasteiger partial charge in [-0.15, -0.1) is 11.3 Å². The molecule has 2 aromatic heterocycles. The van der Waals surface area contributed by atoms with Crippen LogP contribution in [0, 0.1) is 6.92 Å². The molecule has 0 saturated carbocycles. The smallest absolute Gasteiger partial charge is 0.313 e. The van der Waals surface area contributed by atoms with Crippen molar-refractivity contribution in [3.63, 3.8) is 0 Å². The van der Waals surface area contributed by atoms with Gasteiger partial charge in [0.1, 0.15) is 0 Å². The Labute approximate surface area is 154 Å². The van der Waals surface area contributed by atoms with Gasteiger partial charge in [0.15, 0.2) is 4.96 Å². The van der Waals surface area contributed by atoms with Crippen LogP contribution in [0.5, 0.6) is 0 Å². The number of fused-ring (bicyclic) bond motifs is 1. The zero-order valence-corrected chi connectivity index (χ0v) is 14.8. The lowest BCUT2D eigenvalue weighted by atomic mass is 10.1. The molecule has 0 unspecified atom stereocenters. The number of carbonyl (C=O) groups is 1. The molecule has 0 aliphatic rings. The van der Waals surface area contributed by atoms with Gasteiger partial charge in [0.2, 0.25) is 0 Å². The number of hydrogen-bond acceptors (Lipinski definition) is 5. The van der Waals surface area contributed by atoms with Gasteiger partial charge in [-0.1, -0.05) is 53.2 Å². The fourth-order valence-electron chi connectivity index (χ4n) is 2.60. The first-order valence-electron chi connectivity index (χ1n) is 8.05. The highest BCUT2D eigenvalue weighted by Gasteiger charge is 2.14. The molecule has 128 valence electrons. The summed E-state index contributed by atoms with van der Waals surface area (Å²) in [5, 5.41) is 5.85. The standard InChI is InChI=1S/C20H15N3O2S/c1-14-7-9-16(10-8-14)19(24)25-21-13-17-18(15-5-3-2-4-6-15)22-20-23(17)11-12-26-20/h2-13H,1H3/b21-13+. The van der Waals surface area contributed by atoms with Gasteiger partial charge in [0.25, 0.3) is 0 Å². The first-order chi connectivity index (χ1) is 12.7. The molecule has 26 heavy (non-hydrogen) atoms. The molecule has 0 saturated heterocycles. The predicted octanol–water partition coefficient (Wildman–Crippen LogP) is 4.56. The lowest BCUT2D eigenvalue weighted by Gasteiger charge is -2.00. The number of hydrogen-bond donors (Lipinski definition) is 0. The third-order valence-corrected chi connectivity index (χ3v) is 4.70. The molecular formula is C20H15N3O2S. The molecule has 4 rings (SSSR count). The fourth-order valence-corrected chi connectivity index (χ4v) is 3.32.